The van der Waals surface area contributed by atoms with Crippen molar-refractivity contribution in [3.8, 4) is 0 Å². The highest BCUT2D eigenvalue weighted by Gasteiger charge is 2.27. The minimum absolute atomic E-state index is 0.0810. The van der Waals surface area contributed by atoms with Gasteiger partial charge in [0.15, 0.2) is 0 Å². The van der Waals surface area contributed by atoms with E-state index in [-0.39, 0.29) is 11.9 Å². The Balaban J connectivity index is 2.26. The van der Waals surface area contributed by atoms with Crippen LogP contribution in [0.3, 0.4) is 0 Å². The van der Waals surface area contributed by atoms with Crippen molar-refractivity contribution >= 4 is 5.91 Å². The van der Waals surface area contributed by atoms with Gasteiger partial charge in [0.1, 0.15) is 0 Å². The average Bonchev–Trinajstić information content (AvgIpc) is 2.34. The van der Waals surface area contributed by atoms with E-state index in [0.717, 1.165) is 13.1 Å². The van der Waals surface area contributed by atoms with Gasteiger partial charge in [-0.1, -0.05) is 40.0 Å². The molecule has 0 aromatic heterocycles. The Kier molecular flexibility index (Phi) is 6.13. The first-order chi connectivity index (χ1) is 8.43. The van der Waals surface area contributed by atoms with Crippen molar-refractivity contribution in [2.24, 2.45) is 11.3 Å². The standard InChI is InChI=1S/C15H30N2O/c1-12(2)10-16-14(18)13(3)17-11-15(4)8-6-5-7-9-15/h12-13,17H,5-11H2,1-4H3,(H,16,18). The first-order valence-corrected chi connectivity index (χ1v) is 7.44. The summed E-state index contributed by atoms with van der Waals surface area (Å²) >= 11 is 0. The van der Waals surface area contributed by atoms with E-state index in [0.29, 0.717) is 11.3 Å². The molecule has 3 heteroatoms. The second-order valence-corrected chi connectivity index (χ2v) is 6.61. The zero-order valence-corrected chi connectivity index (χ0v) is 12.5. The average molecular weight is 254 g/mol. The first kappa shape index (κ1) is 15.5. The molecule has 1 fully saturated rings. The van der Waals surface area contributed by atoms with Crippen LogP contribution in [0, 0.1) is 11.3 Å². The fourth-order valence-electron chi connectivity index (χ4n) is 2.53. The maximum atomic E-state index is 11.9. The molecular weight excluding hydrogens is 224 g/mol. The van der Waals surface area contributed by atoms with Gasteiger partial charge >= 0.3 is 0 Å². The SMILES string of the molecule is CC(C)CNC(=O)C(C)NCC1(C)CCCCC1. The van der Waals surface area contributed by atoms with Gasteiger partial charge in [-0.2, -0.15) is 0 Å². The highest BCUT2D eigenvalue weighted by Crippen LogP contribution is 2.34. The van der Waals surface area contributed by atoms with Crippen LogP contribution in [-0.4, -0.2) is 25.0 Å². The Morgan fingerprint density at radius 3 is 2.33 bits per heavy atom. The van der Waals surface area contributed by atoms with E-state index >= 15 is 0 Å². The van der Waals surface area contributed by atoms with E-state index in [9.17, 15) is 4.79 Å². The summed E-state index contributed by atoms with van der Waals surface area (Å²) in [7, 11) is 0. The minimum atomic E-state index is -0.0810. The molecule has 1 aliphatic rings. The summed E-state index contributed by atoms with van der Waals surface area (Å²) < 4.78 is 0. The molecule has 0 radical (unpaired) electrons. The fourth-order valence-corrected chi connectivity index (χ4v) is 2.53. The number of carbonyl (C=O) groups is 1. The smallest absolute Gasteiger partial charge is 0.236 e. The van der Waals surface area contributed by atoms with Crippen LogP contribution in [0.4, 0.5) is 0 Å². The van der Waals surface area contributed by atoms with Crippen LogP contribution in [-0.2, 0) is 4.79 Å². The van der Waals surface area contributed by atoms with Crippen molar-refractivity contribution in [2.75, 3.05) is 13.1 Å². The molecule has 0 bridgehead atoms. The van der Waals surface area contributed by atoms with Crippen molar-refractivity contribution in [3.63, 3.8) is 0 Å². The highest BCUT2D eigenvalue weighted by molar-refractivity contribution is 5.81. The number of hydrogen-bond acceptors (Lipinski definition) is 2. The number of hydrogen-bond donors (Lipinski definition) is 2. The molecule has 106 valence electrons. The Bertz CT molecular complexity index is 257. The monoisotopic (exact) mass is 254 g/mol. The topological polar surface area (TPSA) is 41.1 Å². The molecule has 0 aromatic rings. The van der Waals surface area contributed by atoms with E-state index in [1.165, 1.54) is 32.1 Å². The summed E-state index contributed by atoms with van der Waals surface area (Å²) in [5.74, 6) is 0.639. The molecule has 1 atom stereocenters. The first-order valence-electron chi connectivity index (χ1n) is 7.44. The largest absolute Gasteiger partial charge is 0.354 e. The second-order valence-electron chi connectivity index (χ2n) is 6.61. The number of nitrogens with one attached hydrogen (secondary N) is 2. The van der Waals surface area contributed by atoms with Crippen LogP contribution in [0.25, 0.3) is 0 Å². The van der Waals surface area contributed by atoms with E-state index in [2.05, 4.69) is 31.4 Å². The van der Waals surface area contributed by atoms with E-state index < -0.39 is 0 Å². The van der Waals surface area contributed by atoms with E-state index in [1.807, 2.05) is 6.92 Å². The molecule has 1 rings (SSSR count). The van der Waals surface area contributed by atoms with Gasteiger partial charge < -0.3 is 10.6 Å². The van der Waals surface area contributed by atoms with Gasteiger partial charge in [0.2, 0.25) is 5.91 Å². The predicted octanol–water partition coefficient (Wildman–Crippen LogP) is 2.71. The third-order valence-corrected chi connectivity index (χ3v) is 3.97. The number of amides is 1. The Labute approximate surface area is 112 Å². The van der Waals surface area contributed by atoms with Crippen molar-refractivity contribution in [3.05, 3.63) is 0 Å². The van der Waals surface area contributed by atoms with Crippen molar-refractivity contribution < 1.29 is 4.79 Å². The Morgan fingerprint density at radius 2 is 1.78 bits per heavy atom. The van der Waals surface area contributed by atoms with Crippen LogP contribution < -0.4 is 10.6 Å². The molecule has 1 aliphatic carbocycles. The van der Waals surface area contributed by atoms with Crippen LogP contribution in [0.2, 0.25) is 0 Å². The van der Waals surface area contributed by atoms with Crippen LogP contribution in [0.5, 0.6) is 0 Å². The lowest BCUT2D eigenvalue weighted by atomic mass is 9.75. The van der Waals surface area contributed by atoms with Gasteiger partial charge in [-0.15, -0.1) is 0 Å². The lowest BCUT2D eigenvalue weighted by Crippen LogP contribution is -2.46. The minimum Gasteiger partial charge on any atom is -0.354 e. The third-order valence-electron chi connectivity index (χ3n) is 3.97. The normalized spacial score (nSPS) is 20.7. The van der Waals surface area contributed by atoms with Gasteiger partial charge in [0.25, 0.3) is 0 Å². The summed E-state index contributed by atoms with van der Waals surface area (Å²) in [4.78, 5) is 11.9. The molecule has 2 N–H and O–H groups in total. The summed E-state index contributed by atoms with van der Waals surface area (Å²) in [5.41, 5.74) is 0.394. The van der Waals surface area contributed by atoms with Crippen molar-refractivity contribution in [1.29, 1.82) is 0 Å². The van der Waals surface area contributed by atoms with Gasteiger partial charge in [-0.05, 0) is 31.1 Å². The van der Waals surface area contributed by atoms with Gasteiger partial charge in [0.05, 0.1) is 6.04 Å². The predicted molar refractivity (Wildman–Crippen MR) is 76.5 cm³/mol. The molecular formula is C15H30N2O. The molecule has 0 spiro atoms. The maximum Gasteiger partial charge on any atom is 0.236 e. The van der Waals surface area contributed by atoms with Crippen molar-refractivity contribution in [1.82, 2.24) is 10.6 Å². The highest BCUT2D eigenvalue weighted by atomic mass is 16.2. The summed E-state index contributed by atoms with van der Waals surface area (Å²) in [5, 5.41) is 6.38. The number of carbonyl (C=O) groups excluding carboxylic acids is 1. The van der Waals surface area contributed by atoms with Gasteiger partial charge in [-0.25, -0.2) is 0 Å². The molecule has 1 unspecified atom stereocenters. The zero-order chi connectivity index (χ0) is 13.6. The Hall–Kier alpha value is -0.570. The van der Waals surface area contributed by atoms with E-state index in [1.54, 1.807) is 0 Å². The number of rotatable bonds is 6. The van der Waals surface area contributed by atoms with Crippen molar-refractivity contribution in [2.45, 2.75) is 65.8 Å². The Morgan fingerprint density at radius 1 is 1.17 bits per heavy atom. The maximum absolute atomic E-state index is 11.9. The molecule has 1 amide bonds. The molecule has 0 saturated heterocycles. The van der Waals surface area contributed by atoms with Crippen LogP contribution in [0.1, 0.15) is 59.8 Å². The van der Waals surface area contributed by atoms with E-state index in [4.69, 9.17) is 0 Å². The van der Waals surface area contributed by atoms with Crippen LogP contribution in [0.15, 0.2) is 0 Å². The summed E-state index contributed by atoms with van der Waals surface area (Å²) in [6.07, 6.45) is 6.64. The molecule has 0 aromatic carbocycles. The summed E-state index contributed by atoms with van der Waals surface area (Å²) in [6.45, 7) is 10.3. The molecule has 0 heterocycles. The van der Waals surface area contributed by atoms with Gasteiger partial charge in [-0.3, -0.25) is 4.79 Å². The lowest BCUT2D eigenvalue weighted by molar-refractivity contribution is -0.123. The fraction of sp³-hybridized carbons (Fsp3) is 0.933. The molecule has 18 heavy (non-hydrogen) atoms. The van der Waals surface area contributed by atoms with Gasteiger partial charge in [0, 0.05) is 13.1 Å². The lowest BCUT2D eigenvalue weighted by Gasteiger charge is -2.34. The second kappa shape index (κ2) is 7.13. The molecule has 1 saturated carbocycles. The summed E-state index contributed by atoms with van der Waals surface area (Å²) in [6, 6.07) is -0.0810. The molecule has 0 aliphatic heterocycles. The quantitative estimate of drug-likeness (QED) is 0.765. The molecule has 3 nitrogen and oxygen atoms in total. The van der Waals surface area contributed by atoms with Crippen LogP contribution >= 0.6 is 0 Å². The third kappa shape index (κ3) is 5.38. The zero-order valence-electron chi connectivity index (χ0n) is 12.5.